The van der Waals surface area contributed by atoms with E-state index in [4.69, 9.17) is 5.73 Å². The van der Waals surface area contributed by atoms with Crippen molar-refractivity contribution in [1.82, 2.24) is 4.90 Å². The zero-order valence-electron chi connectivity index (χ0n) is 11.8. The Morgan fingerprint density at radius 3 is 2.50 bits per heavy atom. The minimum absolute atomic E-state index is 0.104. The molecule has 0 aliphatic carbocycles. The molecule has 5 nitrogen and oxygen atoms in total. The number of likely N-dealkylation sites (tertiary alicyclic amines) is 1. The number of carbonyl (C=O) groups excluding carboxylic acids is 2. The Kier molecular flexibility index (Phi) is 3.33. The Labute approximate surface area is 126 Å². The standard InChI is InChI=1S/C16H15FN2O3/c17-13-6-5-12(10-3-1-2-4-11(10)13)14(20)19-8-7-16(22,9-19)15(18)21/h1-6,22H,7-9H2,(H2,18,21). The van der Waals surface area contributed by atoms with Crippen LogP contribution in [0.3, 0.4) is 0 Å². The summed E-state index contributed by atoms with van der Waals surface area (Å²) in [5, 5.41) is 10.9. The van der Waals surface area contributed by atoms with Crippen molar-refractivity contribution in [2.75, 3.05) is 13.1 Å². The van der Waals surface area contributed by atoms with E-state index in [0.717, 1.165) is 0 Å². The fourth-order valence-corrected chi connectivity index (χ4v) is 2.79. The van der Waals surface area contributed by atoms with Crippen molar-refractivity contribution in [3.8, 4) is 0 Å². The molecule has 1 heterocycles. The molecule has 1 aliphatic heterocycles. The van der Waals surface area contributed by atoms with Gasteiger partial charge in [0.05, 0.1) is 6.54 Å². The summed E-state index contributed by atoms with van der Waals surface area (Å²) in [5.41, 5.74) is 3.82. The predicted octanol–water partition coefficient (Wildman–Crippen LogP) is 1.04. The van der Waals surface area contributed by atoms with Crippen LogP contribution in [0.2, 0.25) is 0 Å². The van der Waals surface area contributed by atoms with Gasteiger partial charge in [-0.2, -0.15) is 0 Å². The zero-order chi connectivity index (χ0) is 15.9. The molecule has 1 aliphatic rings. The van der Waals surface area contributed by atoms with Crippen LogP contribution in [0.4, 0.5) is 4.39 Å². The van der Waals surface area contributed by atoms with Gasteiger partial charge in [0.2, 0.25) is 0 Å². The van der Waals surface area contributed by atoms with Crippen LogP contribution in [0, 0.1) is 5.82 Å². The summed E-state index contributed by atoms with van der Waals surface area (Å²) in [5.74, 6) is -1.60. The van der Waals surface area contributed by atoms with Gasteiger partial charge in [0.25, 0.3) is 11.8 Å². The van der Waals surface area contributed by atoms with E-state index in [1.54, 1.807) is 24.3 Å². The number of primary amides is 1. The van der Waals surface area contributed by atoms with Crippen molar-refractivity contribution in [2.45, 2.75) is 12.0 Å². The molecule has 1 saturated heterocycles. The summed E-state index contributed by atoms with van der Waals surface area (Å²) in [6.45, 7) is 0.0802. The van der Waals surface area contributed by atoms with Crippen LogP contribution in [0.15, 0.2) is 36.4 Å². The number of amides is 2. The summed E-state index contributed by atoms with van der Waals surface area (Å²) < 4.78 is 13.8. The topological polar surface area (TPSA) is 83.6 Å². The van der Waals surface area contributed by atoms with E-state index in [9.17, 15) is 19.1 Å². The van der Waals surface area contributed by atoms with Gasteiger partial charge in [-0.05, 0) is 17.5 Å². The first-order valence-electron chi connectivity index (χ1n) is 6.91. The van der Waals surface area contributed by atoms with Crippen LogP contribution in [0.25, 0.3) is 10.8 Å². The number of hydrogen-bond acceptors (Lipinski definition) is 3. The van der Waals surface area contributed by atoms with Crippen molar-refractivity contribution < 1.29 is 19.1 Å². The Morgan fingerprint density at radius 1 is 1.18 bits per heavy atom. The number of halogens is 1. The largest absolute Gasteiger partial charge is 0.378 e. The van der Waals surface area contributed by atoms with E-state index in [1.807, 2.05) is 0 Å². The molecular weight excluding hydrogens is 287 g/mol. The Hall–Kier alpha value is -2.47. The lowest BCUT2D eigenvalue weighted by atomic mass is 10.0. The summed E-state index contributed by atoms with van der Waals surface area (Å²) >= 11 is 0. The van der Waals surface area contributed by atoms with Crippen molar-refractivity contribution in [3.63, 3.8) is 0 Å². The SMILES string of the molecule is NC(=O)C1(O)CCN(C(=O)c2ccc(F)c3ccccc23)C1. The smallest absolute Gasteiger partial charge is 0.254 e. The molecule has 1 atom stereocenters. The first kappa shape index (κ1) is 14.5. The maximum absolute atomic E-state index is 13.8. The molecule has 0 saturated carbocycles. The van der Waals surface area contributed by atoms with Gasteiger partial charge < -0.3 is 15.7 Å². The lowest BCUT2D eigenvalue weighted by molar-refractivity contribution is -0.134. The predicted molar refractivity (Wildman–Crippen MR) is 78.6 cm³/mol. The molecule has 3 rings (SSSR count). The third-order valence-corrected chi connectivity index (χ3v) is 4.09. The quantitative estimate of drug-likeness (QED) is 0.869. The molecule has 2 aromatic rings. The van der Waals surface area contributed by atoms with Crippen LogP contribution in [0.1, 0.15) is 16.8 Å². The minimum Gasteiger partial charge on any atom is -0.378 e. The zero-order valence-corrected chi connectivity index (χ0v) is 11.8. The second-order valence-corrected chi connectivity index (χ2v) is 5.51. The second-order valence-electron chi connectivity index (χ2n) is 5.51. The van der Waals surface area contributed by atoms with Crippen molar-refractivity contribution in [2.24, 2.45) is 5.73 Å². The number of β-amino-alcohol motifs (C(OH)–C–C–N with tert-alkyl or cyclic N) is 1. The number of hydrogen-bond donors (Lipinski definition) is 2. The van der Waals surface area contributed by atoms with Crippen LogP contribution in [-0.4, -0.2) is 40.5 Å². The maximum atomic E-state index is 13.8. The van der Waals surface area contributed by atoms with Gasteiger partial charge in [-0.1, -0.05) is 24.3 Å². The molecule has 1 unspecified atom stereocenters. The number of aliphatic hydroxyl groups is 1. The number of benzene rings is 2. The van der Waals surface area contributed by atoms with Gasteiger partial charge in [-0.3, -0.25) is 9.59 Å². The number of nitrogens with two attached hydrogens (primary N) is 1. The molecule has 0 bridgehead atoms. The number of carbonyl (C=O) groups is 2. The van der Waals surface area contributed by atoms with Crippen molar-refractivity contribution >= 4 is 22.6 Å². The van der Waals surface area contributed by atoms with Gasteiger partial charge in [0.1, 0.15) is 5.82 Å². The third-order valence-electron chi connectivity index (χ3n) is 4.09. The van der Waals surface area contributed by atoms with Crippen LogP contribution in [-0.2, 0) is 4.79 Å². The minimum atomic E-state index is -1.69. The van der Waals surface area contributed by atoms with Crippen molar-refractivity contribution in [1.29, 1.82) is 0 Å². The summed E-state index contributed by atoms with van der Waals surface area (Å²) in [6, 6.07) is 9.35. The van der Waals surface area contributed by atoms with E-state index >= 15 is 0 Å². The molecule has 0 radical (unpaired) electrons. The van der Waals surface area contributed by atoms with E-state index < -0.39 is 17.3 Å². The monoisotopic (exact) mass is 302 g/mol. The van der Waals surface area contributed by atoms with E-state index in [1.165, 1.54) is 17.0 Å². The van der Waals surface area contributed by atoms with Gasteiger partial charge in [0, 0.05) is 23.9 Å². The molecule has 114 valence electrons. The van der Waals surface area contributed by atoms with Crippen LogP contribution in [0.5, 0.6) is 0 Å². The summed E-state index contributed by atoms with van der Waals surface area (Å²) in [6.07, 6.45) is 0.104. The Bertz CT molecular complexity index is 777. The molecule has 0 spiro atoms. The molecule has 0 aromatic heterocycles. The van der Waals surface area contributed by atoms with Crippen LogP contribution < -0.4 is 5.73 Å². The number of nitrogens with zero attached hydrogens (tertiary/aromatic N) is 1. The Morgan fingerprint density at radius 2 is 1.86 bits per heavy atom. The summed E-state index contributed by atoms with van der Waals surface area (Å²) in [4.78, 5) is 25.3. The van der Waals surface area contributed by atoms with Gasteiger partial charge in [-0.25, -0.2) is 4.39 Å². The molecule has 6 heteroatoms. The third kappa shape index (κ3) is 2.21. The van der Waals surface area contributed by atoms with Gasteiger partial charge >= 0.3 is 0 Å². The fraction of sp³-hybridized carbons (Fsp3) is 0.250. The second kappa shape index (κ2) is 5.06. The lowest BCUT2D eigenvalue weighted by Gasteiger charge is -2.20. The molecule has 22 heavy (non-hydrogen) atoms. The highest BCUT2D eigenvalue weighted by atomic mass is 19.1. The maximum Gasteiger partial charge on any atom is 0.254 e. The molecule has 1 fully saturated rings. The summed E-state index contributed by atoms with van der Waals surface area (Å²) in [7, 11) is 0. The highest BCUT2D eigenvalue weighted by Crippen LogP contribution is 2.27. The van der Waals surface area contributed by atoms with E-state index in [0.29, 0.717) is 16.3 Å². The molecular formula is C16H15FN2O3. The van der Waals surface area contributed by atoms with Crippen molar-refractivity contribution in [3.05, 3.63) is 47.8 Å². The van der Waals surface area contributed by atoms with Gasteiger partial charge in [0.15, 0.2) is 5.60 Å². The van der Waals surface area contributed by atoms with Gasteiger partial charge in [-0.15, -0.1) is 0 Å². The van der Waals surface area contributed by atoms with E-state index in [2.05, 4.69) is 0 Å². The molecule has 3 N–H and O–H groups in total. The number of rotatable bonds is 2. The van der Waals surface area contributed by atoms with Crippen LogP contribution >= 0.6 is 0 Å². The number of fused-ring (bicyclic) bond motifs is 1. The first-order valence-corrected chi connectivity index (χ1v) is 6.91. The first-order chi connectivity index (χ1) is 10.4. The van der Waals surface area contributed by atoms with E-state index in [-0.39, 0.29) is 25.4 Å². The normalized spacial score (nSPS) is 21.3. The average Bonchev–Trinajstić information content (AvgIpc) is 2.91. The fourth-order valence-electron chi connectivity index (χ4n) is 2.79. The Balaban J connectivity index is 1.98. The lowest BCUT2D eigenvalue weighted by Crippen LogP contribution is -2.46. The molecule has 2 amide bonds. The molecule has 2 aromatic carbocycles. The highest BCUT2D eigenvalue weighted by Gasteiger charge is 2.43. The highest BCUT2D eigenvalue weighted by molar-refractivity contribution is 6.07. The average molecular weight is 302 g/mol.